The Balaban J connectivity index is 1.68. The van der Waals surface area contributed by atoms with Crippen LogP contribution < -0.4 is 5.32 Å². The summed E-state index contributed by atoms with van der Waals surface area (Å²) in [5.41, 5.74) is 1.59. The zero-order valence-corrected chi connectivity index (χ0v) is 20.8. The summed E-state index contributed by atoms with van der Waals surface area (Å²) >= 11 is 1.13. The van der Waals surface area contributed by atoms with Crippen LogP contribution in [0.3, 0.4) is 0 Å². The zero-order valence-electron chi connectivity index (χ0n) is 19.1. The molecule has 0 saturated heterocycles. The van der Waals surface area contributed by atoms with Crippen LogP contribution in [0.2, 0.25) is 0 Å². The average Bonchev–Trinajstić information content (AvgIpc) is 3.19. The van der Waals surface area contributed by atoms with E-state index in [1.165, 1.54) is 0 Å². The second-order valence-electron chi connectivity index (χ2n) is 7.32. The van der Waals surface area contributed by atoms with Gasteiger partial charge in [-0.1, -0.05) is 41.6 Å². The minimum absolute atomic E-state index is 0.00000510. The minimum atomic E-state index is -3.59. The first kappa shape index (κ1) is 25.4. The Bertz CT molecular complexity index is 1270. The maximum absolute atomic E-state index is 12.8. The van der Waals surface area contributed by atoms with Crippen molar-refractivity contribution in [3.05, 3.63) is 65.5 Å². The number of thioether (sulfide) groups is 1. The van der Waals surface area contributed by atoms with Gasteiger partial charge in [0.15, 0.2) is 15.0 Å². The smallest absolute Gasteiger partial charge is 0.340 e. The van der Waals surface area contributed by atoms with Crippen molar-refractivity contribution >= 4 is 39.2 Å². The van der Waals surface area contributed by atoms with Crippen LogP contribution in [0.25, 0.3) is 0 Å². The molecule has 0 bridgehead atoms. The molecule has 0 aliphatic rings. The molecule has 0 unspecified atom stereocenters. The Morgan fingerprint density at radius 3 is 2.44 bits per heavy atom. The predicted octanol–water partition coefficient (Wildman–Crippen LogP) is 3.49. The first-order chi connectivity index (χ1) is 16.2. The number of nitrogens with zero attached hydrogens (tertiary/aromatic N) is 3. The number of ether oxygens (including phenoxy) is 1. The summed E-state index contributed by atoms with van der Waals surface area (Å²) in [5.74, 6) is -0.854. The number of esters is 1. The van der Waals surface area contributed by atoms with Crippen molar-refractivity contribution in [2.45, 2.75) is 43.1 Å². The number of nitrogens with one attached hydrogen (secondary N) is 1. The van der Waals surface area contributed by atoms with Crippen molar-refractivity contribution in [2.75, 3.05) is 17.7 Å². The molecular weight excluding hydrogens is 476 g/mol. The molecule has 3 rings (SSSR count). The number of para-hydroxylation sites is 1. The number of sulfone groups is 1. The third-order valence-corrected chi connectivity index (χ3v) is 7.43. The monoisotopic (exact) mass is 502 g/mol. The van der Waals surface area contributed by atoms with Gasteiger partial charge in [0.25, 0.3) is 0 Å². The maximum Gasteiger partial charge on any atom is 0.340 e. The van der Waals surface area contributed by atoms with Gasteiger partial charge in [-0.15, -0.1) is 10.2 Å². The SMILES string of the molecule is CCOC(=O)c1ccccc1NC(=O)CSc1nnc(CS(=O)(=O)c2ccc(C)cc2)n1CC. The van der Waals surface area contributed by atoms with Crippen LogP contribution in [0.1, 0.15) is 35.6 Å². The molecule has 0 radical (unpaired) electrons. The zero-order chi connectivity index (χ0) is 24.7. The van der Waals surface area contributed by atoms with Crippen molar-refractivity contribution in [3.8, 4) is 0 Å². The number of benzene rings is 2. The molecule has 11 heteroatoms. The van der Waals surface area contributed by atoms with Crippen LogP contribution in [-0.2, 0) is 31.7 Å². The fraction of sp³-hybridized carbons (Fsp3) is 0.304. The summed E-state index contributed by atoms with van der Waals surface area (Å²) < 4.78 is 32.3. The number of amides is 1. The van der Waals surface area contributed by atoms with Crippen LogP contribution in [-0.4, -0.2) is 47.4 Å². The third-order valence-electron chi connectivity index (χ3n) is 4.84. The molecule has 0 saturated carbocycles. The first-order valence-electron chi connectivity index (χ1n) is 10.7. The highest BCUT2D eigenvalue weighted by Crippen LogP contribution is 2.22. The molecule has 3 aromatic rings. The largest absolute Gasteiger partial charge is 0.462 e. The lowest BCUT2D eigenvalue weighted by Gasteiger charge is -2.11. The quantitative estimate of drug-likeness (QED) is 0.330. The summed E-state index contributed by atoms with van der Waals surface area (Å²) in [6.07, 6.45) is 0. The number of carbonyl (C=O) groups excluding carboxylic acids is 2. The average molecular weight is 503 g/mol. The van der Waals surface area contributed by atoms with Crippen molar-refractivity contribution in [2.24, 2.45) is 0 Å². The van der Waals surface area contributed by atoms with E-state index in [2.05, 4.69) is 15.5 Å². The molecule has 1 heterocycles. The Labute approximate surface area is 202 Å². The van der Waals surface area contributed by atoms with Crippen molar-refractivity contribution < 1.29 is 22.7 Å². The first-order valence-corrected chi connectivity index (χ1v) is 13.3. The van der Waals surface area contributed by atoms with Gasteiger partial charge in [0.05, 0.1) is 28.5 Å². The third kappa shape index (κ3) is 6.23. The second-order valence-corrected chi connectivity index (χ2v) is 10.3. The summed E-state index contributed by atoms with van der Waals surface area (Å²) in [4.78, 5) is 24.8. The number of aryl methyl sites for hydroxylation is 1. The second kappa shape index (κ2) is 11.3. The van der Waals surface area contributed by atoms with Crippen LogP contribution in [0.4, 0.5) is 5.69 Å². The van der Waals surface area contributed by atoms with E-state index in [1.54, 1.807) is 60.0 Å². The van der Waals surface area contributed by atoms with E-state index in [9.17, 15) is 18.0 Å². The summed E-state index contributed by atoms with van der Waals surface area (Å²) in [5, 5.41) is 11.3. The lowest BCUT2D eigenvalue weighted by Crippen LogP contribution is -2.18. The number of rotatable bonds is 10. The Kier molecular flexibility index (Phi) is 8.46. The molecule has 9 nitrogen and oxygen atoms in total. The highest BCUT2D eigenvalue weighted by molar-refractivity contribution is 7.99. The molecule has 1 amide bonds. The van der Waals surface area contributed by atoms with Crippen LogP contribution in [0, 0.1) is 6.92 Å². The van der Waals surface area contributed by atoms with E-state index in [1.807, 2.05) is 13.8 Å². The number of anilines is 1. The Morgan fingerprint density at radius 2 is 1.76 bits per heavy atom. The Hall–Kier alpha value is -3.18. The maximum atomic E-state index is 12.8. The van der Waals surface area contributed by atoms with Gasteiger partial charge < -0.3 is 14.6 Å². The van der Waals surface area contributed by atoms with Crippen molar-refractivity contribution in [3.63, 3.8) is 0 Å². The van der Waals surface area contributed by atoms with E-state index >= 15 is 0 Å². The van der Waals surface area contributed by atoms with E-state index < -0.39 is 15.8 Å². The molecule has 2 aromatic carbocycles. The number of hydrogen-bond donors (Lipinski definition) is 1. The molecule has 1 N–H and O–H groups in total. The summed E-state index contributed by atoms with van der Waals surface area (Å²) in [7, 11) is -3.59. The van der Waals surface area contributed by atoms with E-state index in [0.717, 1.165) is 17.3 Å². The fourth-order valence-electron chi connectivity index (χ4n) is 3.14. The van der Waals surface area contributed by atoms with E-state index in [0.29, 0.717) is 23.2 Å². The molecule has 0 spiro atoms. The molecular formula is C23H26N4O5S2. The topological polar surface area (TPSA) is 120 Å². The van der Waals surface area contributed by atoms with Crippen LogP contribution in [0.5, 0.6) is 0 Å². The molecule has 0 aliphatic heterocycles. The van der Waals surface area contributed by atoms with Gasteiger partial charge in [-0.2, -0.15) is 0 Å². The van der Waals surface area contributed by atoms with Gasteiger partial charge in [0, 0.05) is 6.54 Å². The van der Waals surface area contributed by atoms with E-state index in [4.69, 9.17) is 4.74 Å². The minimum Gasteiger partial charge on any atom is -0.462 e. The van der Waals surface area contributed by atoms with Gasteiger partial charge in [-0.05, 0) is 45.0 Å². The molecule has 0 fully saturated rings. The van der Waals surface area contributed by atoms with Gasteiger partial charge in [0.2, 0.25) is 5.91 Å². The van der Waals surface area contributed by atoms with Gasteiger partial charge in [-0.3, -0.25) is 4.79 Å². The van der Waals surface area contributed by atoms with Crippen LogP contribution >= 0.6 is 11.8 Å². The van der Waals surface area contributed by atoms with Gasteiger partial charge >= 0.3 is 5.97 Å². The normalized spacial score (nSPS) is 11.3. The van der Waals surface area contributed by atoms with Gasteiger partial charge in [0.1, 0.15) is 11.6 Å². The molecule has 34 heavy (non-hydrogen) atoms. The van der Waals surface area contributed by atoms with Gasteiger partial charge in [-0.25, -0.2) is 13.2 Å². The number of aromatic nitrogens is 3. The molecule has 0 atom stereocenters. The molecule has 0 aliphatic carbocycles. The van der Waals surface area contributed by atoms with Crippen molar-refractivity contribution in [1.29, 1.82) is 0 Å². The highest BCUT2D eigenvalue weighted by atomic mass is 32.2. The molecule has 180 valence electrons. The highest BCUT2D eigenvalue weighted by Gasteiger charge is 2.22. The number of hydrogen-bond acceptors (Lipinski definition) is 8. The lowest BCUT2D eigenvalue weighted by atomic mass is 10.2. The molecule has 1 aromatic heterocycles. The summed E-state index contributed by atoms with van der Waals surface area (Å²) in [6.45, 7) is 6.12. The number of carbonyl (C=O) groups is 2. The summed E-state index contributed by atoms with van der Waals surface area (Å²) in [6, 6.07) is 13.2. The predicted molar refractivity (Wildman–Crippen MR) is 130 cm³/mol. The lowest BCUT2D eigenvalue weighted by molar-refractivity contribution is -0.113. The van der Waals surface area contributed by atoms with Crippen LogP contribution in [0.15, 0.2) is 58.6 Å². The van der Waals surface area contributed by atoms with E-state index in [-0.39, 0.29) is 34.5 Å². The Morgan fingerprint density at radius 1 is 1.06 bits per heavy atom. The fourth-order valence-corrected chi connectivity index (χ4v) is 5.24. The van der Waals surface area contributed by atoms with Crippen molar-refractivity contribution in [1.82, 2.24) is 14.8 Å². The standard InChI is InChI=1S/C23H26N4O5S2/c1-4-27-20(15-34(30,31)17-12-10-16(3)11-13-17)25-26-23(27)33-14-21(28)24-19-9-7-6-8-18(19)22(29)32-5-2/h6-13H,4-5,14-15H2,1-3H3,(H,24,28).